The molecule has 0 unspecified atom stereocenters. The molecule has 0 spiro atoms. The molecule has 9 heteroatoms. The molecule has 0 radical (unpaired) electrons. The first-order chi connectivity index (χ1) is 9.10. The van der Waals surface area contributed by atoms with E-state index in [2.05, 4.69) is 5.32 Å². The van der Waals surface area contributed by atoms with Gasteiger partial charge < -0.3 is 5.32 Å². The summed E-state index contributed by atoms with van der Waals surface area (Å²) in [6.07, 6.45) is -5.57. The summed E-state index contributed by atoms with van der Waals surface area (Å²) < 4.78 is 88.0. The van der Waals surface area contributed by atoms with Gasteiger partial charge in [-0.2, -0.15) is 13.2 Å². The zero-order valence-corrected chi connectivity index (χ0v) is 11.6. The van der Waals surface area contributed by atoms with Crippen molar-refractivity contribution in [3.8, 4) is 0 Å². The Morgan fingerprint density at radius 2 is 1.30 bits per heavy atom. The highest BCUT2D eigenvalue weighted by Gasteiger charge is 2.34. The number of benzene rings is 1. The minimum absolute atomic E-state index is 0.378. The van der Waals surface area contributed by atoms with E-state index in [0.717, 1.165) is 6.26 Å². The molecule has 0 saturated heterocycles. The Labute approximate surface area is 115 Å². The van der Waals surface area contributed by atoms with Gasteiger partial charge in [0.05, 0.1) is 11.3 Å². The van der Waals surface area contributed by atoms with Gasteiger partial charge in [0.25, 0.3) is 0 Å². The molecule has 1 rings (SSSR count). The molecular weight excluding hydrogens is 311 g/mol. The van der Waals surface area contributed by atoms with E-state index in [1.807, 2.05) is 14.1 Å². The normalized spacial score (nSPS) is 11.1. The molecule has 1 aromatic rings. The highest BCUT2D eigenvalue weighted by atomic mass is 32.2. The number of rotatable bonds is 2. The summed E-state index contributed by atoms with van der Waals surface area (Å²) in [6.45, 7) is 0. The minimum atomic E-state index is -4.85. The Bertz CT molecular complexity index is 459. The average molecular weight is 323 g/mol. The van der Waals surface area contributed by atoms with Crippen molar-refractivity contribution in [3.05, 3.63) is 28.8 Å². The third kappa shape index (κ3) is 4.86. The van der Waals surface area contributed by atoms with Crippen LogP contribution in [0.15, 0.2) is 4.90 Å². The van der Waals surface area contributed by atoms with Crippen LogP contribution in [0.1, 0.15) is 5.56 Å². The van der Waals surface area contributed by atoms with Gasteiger partial charge in [0.15, 0.2) is 23.3 Å². The second-order valence-corrected chi connectivity index (χ2v) is 4.38. The van der Waals surface area contributed by atoms with E-state index >= 15 is 0 Å². The standard InChI is InChI=1S/C9H5F7S.C2H7N/c1-17-8-3(2-9(14,15)16)4(10)5(11)6(12)7(8)13;1-3-2/h2H2,1H3;3H,1-2H3. The topological polar surface area (TPSA) is 12.0 Å². The van der Waals surface area contributed by atoms with Gasteiger partial charge in [0.2, 0.25) is 0 Å². The summed E-state index contributed by atoms with van der Waals surface area (Å²) in [7, 11) is 3.75. The molecule has 0 heterocycles. The summed E-state index contributed by atoms with van der Waals surface area (Å²) in [4.78, 5) is -0.876. The third-order valence-electron chi connectivity index (χ3n) is 1.90. The first-order valence-electron chi connectivity index (χ1n) is 5.14. The van der Waals surface area contributed by atoms with Crippen LogP contribution in [-0.2, 0) is 6.42 Å². The molecule has 0 amide bonds. The molecule has 20 heavy (non-hydrogen) atoms. The quantitative estimate of drug-likeness (QED) is 0.383. The van der Waals surface area contributed by atoms with Crippen molar-refractivity contribution in [3.63, 3.8) is 0 Å². The molecule has 0 aliphatic rings. The molecule has 0 saturated carbocycles. The van der Waals surface area contributed by atoms with Crippen molar-refractivity contribution < 1.29 is 30.7 Å². The predicted molar refractivity (Wildman–Crippen MR) is 62.8 cm³/mol. The highest BCUT2D eigenvalue weighted by Crippen LogP contribution is 2.34. The molecule has 1 N–H and O–H groups in total. The first kappa shape index (κ1) is 19.0. The van der Waals surface area contributed by atoms with Crippen molar-refractivity contribution in [1.82, 2.24) is 5.32 Å². The molecule has 1 nitrogen and oxygen atoms in total. The van der Waals surface area contributed by atoms with Gasteiger partial charge in [-0.1, -0.05) is 0 Å². The van der Waals surface area contributed by atoms with Crippen molar-refractivity contribution in [2.75, 3.05) is 20.4 Å². The fourth-order valence-corrected chi connectivity index (χ4v) is 1.91. The summed E-state index contributed by atoms with van der Waals surface area (Å²) >= 11 is 0.378. The maximum atomic E-state index is 13.1. The Balaban J connectivity index is 0.00000110. The lowest BCUT2D eigenvalue weighted by molar-refractivity contribution is -0.128. The second-order valence-electron chi connectivity index (χ2n) is 3.56. The van der Waals surface area contributed by atoms with Crippen molar-refractivity contribution >= 4 is 11.8 Å². The fourth-order valence-electron chi connectivity index (χ4n) is 1.23. The SMILES string of the molecule is CNC.CSc1c(F)c(F)c(F)c(F)c1CC(F)(F)F. The Morgan fingerprint density at radius 3 is 1.65 bits per heavy atom. The van der Waals surface area contributed by atoms with E-state index in [4.69, 9.17) is 0 Å². The molecular formula is C11H12F7NS. The van der Waals surface area contributed by atoms with Crippen LogP contribution in [0.3, 0.4) is 0 Å². The number of nitrogens with one attached hydrogen (secondary N) is 1. The van der Waals surface area contributed by atoms with Crippen molar-refractivity contribution in [1.29, 1.82) is 0 Å². The van der Waals surface area contributed by atoms with Gasteiger partial charge in [-0.15, -0.1) is 11.8 Å². The highest BCUT2D eigenvalue weighted by molar-refractivity contribution is 7.98. The first-order valence-corrected chi connectivity index (χ1v) is 6.37. The summed E-state index contributed by atoms with van der Waals surface area (Å²) in [6, 6.07) is 0. The van der Waals surface area contributed by atoms with Crippen molar-refractivity contribution in [2.45, 2.75) is 17.5 Å². The van der Waals surface area contributed by atoms with Crippen LogP contribution >= 0.6 is 11.8 Å². The molecule has 1 aromatic carbocycles. The third-order valence-corrected chi connectivity index (χ3v) is 2.73. The lowest BCUT2D eigenvalue weighted by Gasteiger charge is -2.13. The van der Waals surface area contributed by atoms with Gasteiger partial charge in [-0.05, 0) is 20.4 Å². The second kappa shape index (κ2) is 7.72. The van der Waals surface area contributed by atoms with E-state index in [-0.39, 0.29) is 0 Å². The lowest BCUT2D eigenvalue weighted by Crippen LogP contribution is -2.16. The Hall–Kier alpha value is -0.960. The van der Waals surface area contributed by atoms with Crippen LogP contribution in [0.5, 0.6) is 0 Å². The monoisotopic (exact) mass is 323 g/mol. The maximum absolute atomic E-state index is 13.1. The molecule has 0 bridgehead atoms. The van der Waals surface area contributed by atoms with E-state index in [1.54, 1.807) is 0 Å². The lowest BCUT2D eigenvalue weighted by atomic mass is 10.1. The van der Waals surface area contributed by atoms with E-state index in [1.165, 1.54) is 0 Å². The van der Waals surface area contributed by atoms with E-state index < -0.39 is 46.3 Å². The van der Waals surface area contributed by atoms with Gasteiger partial charge in [-0.3, -0.25) is 0 Å². The van der Waals surface area contributed by atoms with Crippen LogP contribution in [0.2, 0.25) is 0 Å². The van der Waals surface area contributed by atoms with Gasteiger partial charge in [0, 0.05) is 5.56 Å². The van der Waals surface area contributed by atoms with Gasteiger partial charge >= 0.3 is 6.18 Å². The number of hydrogen-bond donors (Lipinski definition) is 1. The number of halogens is 7. The van der Waals surface area contributed by atoms with Gasteiger partial charge in [-0.25, -0.2) is 17.6 Å². The summed E-state index contributed by atoms with van der Waals surface area (Å²) in [5.74, 6) is -8.17. The van der Waals surface area contributed by atoms with Crippen LogP contribution in [0.25, 0.3) is 0 Å². The fraction of sp³-hybridized carbons (Fsp3) is 0.455. The maximum Gasteiger partial charge on any atom is 0.393 e. The molecule has 0 aliphatic heterocycles. The van der Waals surface area contributed by atoms with E-state index in [9.17, 15) is 30.7 Å². The summed E-state index contributed by atoms with van der Waals surface area (Å²) in [5.41, 5.74) is -1.22. The van der Waals surface area contributed by atoms with Crippen LogP contribution in [-0.4, -0.2) is 26.5 Å². The zero-order chi connectivity index (χ0) is 16.1. The molecule has 0 aliphatic carbocycles. The van der Waals surface area contributed by atoms with Gasteiger partial charge in [0.1, 0.15) is 0 Å². The van der Waals surface area contributed by atoms with E-state index in [0.29, 0.717) is 11.8 Å². The van der Waals surface area contributed by atoms with Crippen LogP contribution in [0.4, 0.5) is 30.7 Å². The molecule has 0 fully saturated rings. The zero-order valence-electron chi connectivity index (χ0n) is 10.8. The minimum Gasteiger partial charge on any atom is -0.323 e. The number of alkyl halides is 3. The number of thioether (sulfide) groups is 1. The van der Waals surface area contributed by atoms with Crippen molar-refractivity contribution in [2.24, 2.45) is 0 Å². The Morgan fingerprint density at radius 1 is 0.900 bits per heavy atom. The summed E-state index contributed by atoms with van der Waals surface area (Å²) in [5, 5.41) is 2.75. The average Bonchev–Trinajstić information content (AvgIpc) is 2.33. The van der Waals surface area contributed by atoms with Crippen LogP contribution < -0.4 is 5.32 Å². The predicted octanol–water partition coefficient (Wildman–Crippen LogP) is 3.91. The Kier molecular flexibility index (Phi) is 7.35. The molecule has 116 valence electrons. The molecule has 0 atom stereocenters. The number of hydrogen-bond acceptors (Lipinski definition) is 2. The smallest absolute Gasteiger partial charge is 0.323 e. The largest absolute Gasteiger partial charge is 0.393 e. The molecule has 0 aromatic heterocycles. The van der Waals surface area contributed by atoms with Crippen LogP contribution in [0, 0.1) is 23.3 Å².